The van der Waals surface area contributed by atoms with Crippen LogP contribution in [0.25, 0.3) is 0 Å². The number of fused-ring (bicyclic) bond motifs is 1. The predicted octanol–water partition coefficient (Wildman–Crippen LogP) is 2.08. The Hall–Kier alpha value is -1.22. The summed E-state index contributed by atoms with van der Waals surface area (Å²) in [6, 6.07) is 5.20. The van der Waals surface area contributed by atoms with Gasteiger partial charge in [0.15, 0.2) is 0 Å². The molecular weight excluding hydrogens is 180 g/mol. The third-order valence-corrected chi connectivity index (χ3v) is 2.66. The van der Waals surface area contributed by atoms with Crippen molar-refractivity contribution in [2.75, 3.05) is 7.11 Å². The molecule has 3 heteroatoms. The second-order valence-corrected chi connectivity index (χ2v) is 3.73. The summed E-state index contributed by atoms with van der Waals surface area (Å²) in [6.45, 7) is 1.90. The Morgan fingerprint density at radius 1 is 1.50 bits per heavy atom. The zero-order valence-corrected chi connectivity index (χ0v) is 8.41. The van der Waals surface area contributed by atoms with Gasteiger partial charge in [-0.05, 0) is 18.1 Å². The maximum absolute atomic E-state index is 9.31. The van der Waals surface area contributed by atoms with Gasteiger partial charge in [0.2, 0.25) is 5.79 Å². The fraction of sp³-hybridized carbons (Fsp3) is 0.455. The van der Waals surface area contributed by atoms with E-state index in [0.29, 0.717) is 0 Å². The van der Waals surface area contributed by atoms with E-state index in [9.17, 15) is 5.11 Å². The Bertz CT molecular complexity index is 348. The van der Waals surface area contributed by atoms with Crippen molar-refractivity contribution < 1.29 is 14.6 Å². The minimum atomic E-state index is -0.555. The lowest BCUT2D eigenvalue weighted by Crippen LogP contribution is -2.38. The first-order chi connectivity index (χ1) is 6.63. The molecule has 0 aliphatic carbocycles. The van der Waals surface area contributed by atoms with Crippen LogP contribution in [0.3, 0.4) is 0 Å². The molecule has 1 N–H and O–H groups in total. The van der Waals surface area contributed by atoms with Crippen LogP contribution in [0.15, 0.2) is 18.2 Å². The third-order valence-electron chi connectivity index (χ3n) is 2.66. The highest BCUT2D eigenvalue weighted by Gasteiger charge is 2.31. The van der Waals surface area contributed by atoms with Crippen LogP contribution in [0.4, 0.5) is 0 Å². The number of methoxy groups -OCH3 is 1. The standard InChI is InChI=1S/C11H14O3/c1-11(13-2)6-5-8-3-4-9(12)7-10(8)14-11/h3-4,7,12H,5-6H2,1-2H3. The first kappa shape index (κ1) is 9.34. The van der Waals surface area contributed by atoms with E-state index in [1.807, 2.05) is 13.0 Å². The number of phenols is 1. The zero-order chi connectivity index (χ0) is 10.2. The first-order valence-electron chi connectivity index (χ1n) is 4.69. The molecule has 1 aromatic rings. The van der Waals surface area contributed by atoms with Crippen molar-refractivity contribution in [1.82, 2.24) is 0 Å². The summed E-state index contributed by atoms with van der Waals surface area (Å²) < 4.78 is 10.9. The number of phenolic OH excluding ortho intramolecular Hbond substituents is 1. The van der Waals surface area contributed by atoms with E-state index in [1.54, 1.807) is 19.2 Å². The van der Waals surface area contributed by atoms with E-state index in [2.05, 4.69) is 0 Å². The Morgan fingerprint density at radius 2 is 2.29 bits per heavy atom. The van der Waals surface area contributed by atoms with Crippen LogP contribution in [0.1, 0.15) is 18.9 Å². The van der Waals surface area contributed by atoms with Gasteiger partial charge in [-0.1, -0.05) is 6.07 Å². The quantitative estimate of drug-likeness (QED) is 0.743. The number of rotatable bonds is 1. The number of benzene rings is 1. The van der Waals surface area contributed by atoms with Crippen LogP contribution >= 0.6 is 0 Å². The molecule has 0 saturated carbocycles. The molecule has 76 valence electrons. The van der Waals surface area contributed by atoms with Crippen LogP contribution in [-0.2, 0) is 11.2 Å². The summed E-state index contributed by atoms with van der Waals surface area (Å²) in [5.74, 6) is 0.394. The van der Waals surface area contributed by atoms with Crippen LogP contribution in [0.2, 0.25) is 0 Å². The molecule has 0 aromatic heterocycles. The summed E-state index contributed by atoms with van der Waals surface area (Å²) in [7, 11) is 1.63. The molecule has 0 bridgehead atoms. The fourth-order valence-electron chi connectivity index (χ4n) is 1.63. The largest absolute Gasteiger partial charge is 0.508 e. The van der Waals surface area contributed by atoms with Crippen molar-refractivity contribution in [3.05, 3.63) is 23.8 Å². The molecule has 0 spiro atoms. The molecule has 0 saturated heterocycles. The Labute approximate surface area is 83.3 Å². The fourth-order valence-corrected chi connectivity index (χ4v) is 1.63. The molecule has 0 amide bonds. The molecule has 1 aliphatic rings. The van der Waals surface area contributed by atoms with Crippen molar-refractivity contribution >= 4 is 0 Å². The number of hydrogen-bond acceptors (Lipinski definition) is 3. The first-order valence-corrected chi connectivity index (χ1v) is 4.69. The lowest BCUT2D eigenvalue weighted by atomic mass is 10.0. The van der Waals surface area contributed by atoms with Crippen LogP contribution in [0.5, 0.6) is 11.5 Å². The van der Waals surface area contributed by atoms with E-state index in [1.165, 1.54) is 0 Å². The van der Waals surface area contributed by atoms with E-state index in [0.717, 1.165) is 24.2 Å². The average molecular weight is 194 g/mol. The lowest BCUT2D eigenvalue weighted by Gasteiger charge is -2.34. The number of hydrogen-bond donors (Lipinski definition) is 1. The second-order valence-electron chi connectivity index (χ2n) is 3.73. The maximum Gasteiger partial charge on any atom is 0.207 e. The summed E-state index contributed by atoms with van der Waals surface area (Å²) >= 11 is 0. The molecule has 2 rings (SSSR count). The van der Waals surface area contributed by atoms with Crippen molar-refractivity contribution in [2.24, 2.45) is 0 Å². The van der Waals surface area contributed by atoms with Gasteiger partial charge in [-0.15, -0.1) is 0 Å². The normalized spacial score (nSPS) is 25.3. The lowest BCUT2D eigenvalue weighted by molar-refractivity contribution is -0.160. The van der Waals surface area contributed by atoms with Crippen molar-refractivity contribution in [3.8, 4) is 11.5 Å². The van der Waals surface area contributed by atoms with Crippen molar-refractivity contribution in [2.45, 2.75) is 25.6 Å². The summed E-state index contributed by atoms with van der Waals surface area (Å²) in [4.78, 5) is 0. The van der Waals surface area contributed by atoms with Crippen molar-refractivity contribution in [3.63, 3.8) is 0 Å². The minimum Gasteiger partial charge on any atom is -0.508 e. The molecule has 1 atom stereocenters. The Kier molecular flexibility index (Phi) is 2.11. The molecule has 14 heavy (non-hydrogen) atoms. The summed E-state index contributed by atoms with van der Waals surface area (Å²) in [6.07, 6.45) is 1.75. The molecule has 3 nitrogen and oxygen atoms in total. The van der Waals surface area contributed by atoms with Gasteiger partial charge in [-0.3, -0.25) is 0 Å². The van der Waals surface area contributed by atoms with Gasteiger partial charge in [0.1, 0.15) is 11.5 Å². The third kappa shape index (κ3) is 1.55. The average Bonchev–Trinajstić information content (AvgIpc) is 2.17. The van der Waals surface area contributed by atoms with E-state index < -0.39 is 5.79 Å². The zero-order valence-electron chi connectivity index (χ0n) is 8.41. The smallest absolute Gasteiger partial charge is 0.207 e. The number of ether oxygens (including phenoxy) is 2. The number of aromatic hydroxyl groups is 1. The van der Waals surface area contributed by atoms with Gasteiger partial charge in [0.25, 0.3) is 0 Å². The second kappa shape index (κ2) is 3.17. The molecule has 1 aliphatic heterocycles. The van der Waals surface area contributed by atoms with Gasteiger partial charge in [0.05, 0.1) is 0 Å². The Morgan fingerprint density at radius 3 is 3.00 bits per heavy atom. The van der Waals surface area contributed by atoms with Crippen LogP contribution < -0.4 is 4.74 Å². The SMILES string of the molecule is COC1(C)CCc2ccc(O)cc2O1. The highest BCUT2D eigenvalue weighted by molar-refractivity contribution is 5.41. The van der Waals surface area contributed by atoms with Gasteiger partial charge in [0, 0.05) is 26.5 Å². The molecule has 0 radical (unpaired) electrons. The molecule has 0 fully saturated rings. The molecule has 1 heterocycles. The summed E-state index contributed by atoms with van der Waals surface area (Å²) in [5, 5.41) is 9.31. The van der Waals surface area contributed by atoms with E-state index in [4.69, 9.17) is 9.47 Å². The van der Waals surface area contributed by atoms with E-state index in [-0.39, 0.29) is 5.75 Å². The molecular formula is C11H14O3. The van der Waals surface area contributed by atoms with Gasteiger partial charge >= 0.3 is 0 Å². The molecule has 1 aromatic carbocycles. The van der Waals surface area contributed by atoms with Gasteiger partial charge in [-0.25, -0.2) is 0 Å². The monoisotopic (exact) mass is 194 g/mol. The van der Waals surface area contributed by atoms with Crippen LogP contribution in [0, 0.1) is 0 Å². The maximum atomic E-state index is 9.31. The van der Waals surface area contributed by atoms with Gasteiger partial charge in [-0.2, -0.15) is 0 Å². The number of aryl methyl sites for hydroxylation is 1. The van der Waals surface area contributed by atoms with Crippen LogP contribution in [-0.4, -0.2) is 18.0 Å². The van der Waals surface area contributed by atoms with Gasteiger partial charge < -0.3 is 14.6 Å². The molecule has 1 unspecified atom stereocenters. The minimum absolute atomic E-state index is 0.226. The topological polar surface area (TPSA) is 38.7 Å². The predicted molar refractivity (Wildman–Crippen MR) is 52.5 cm³/mol. The van der Waals surface area contributed by atoms with Crippen molar-refractivity contribution in [1.29, 1.82) is 0 Å². The summed E-state index contributed by atoms with van der Waals surface area (Å²) in [5.41, 5.74) is 1.12. The highest BCUT2D eigenvalue weighted by Crippen LogP contribution is 2.35. The highest BCUT2D eigenvalue weighted by atomic mass is 16.7. The Balaban J connectivity index is 2.33. The van der Waals surface area contributed by atoms with E-state index >= 15 is 0 Å².